The standard InChI is InChI=1S/C51H28N6/c52-29-32-20-23-49-44(26-32)42-14-4-7-18-47(42)56(49)37-25-33(30-53)24-35(27-37)38-15-9-10-34(31-54)51(38)57-48-19-8-3-13-41(48)43-22-21-36(28-50(43)57)55-45-16-5-1-11-39(45)40-12-2-6-17-46(40)55/h1-28H. The third-order valence-corrected chi connectivity index (χ3v) is 11.3. The molecule has 0 atom stereocenters. The quantitative estimate of drug-likeness (QED) is 0.181. The van der Waals surface area contributed by atoms with Crippen LogP contribution < -0.4 is 0 Å². The fraction of sp³-hybridized carbons (Fsp3) is 0. The zero-order valence-electron chi connectivity index (χ0n) is 30.3. The van der Waals surface area contributed by atoms with Gasteiger partial charge in [0.05, 0.1) is 67.6 Å². The van der Waals surface area contributed by atoms with Crippen LogP contribution in [0.5, 0.6) is 0 Å². The summed E-state index contributed by atoms with van der Waals surface area (Å²) in [6.45, 7) is 0. The maximum Gasteiger partial charge on any atom is 0.101 e. The van der Waals surface area contributed by atoms with Crippen LogP contribution in [0.4, 0.5) is 0 Å². The van der Waals surface area contributed by atoms with Crippen molar-refractivity contribution in [3.05, 3.63) is 187 Å². The molecular weight excluding hydrogens is 697 g/mol. The number of para-hydroxylation sites is 5. The van der Waals surface area contributed by atoms with Crippen LogP contribution in [0.15, 0.2) is 170 Å². The van der Waals surface area contributed by atoms with Gasteiger partial charge < -0.3 is 13.7 Å². The Hall–Kier alpha value is -8.37. The number of aromatic nitrogens is 3. The number of rotatable bonds is 4. The minimum absolute atomic E-state index is 0.492. The highest BCUT2D eigenvalue weighted by atomic mass is 15.0. The Kier molecular flexibility index (Phi) is 6.95. The van der Waals surface area contributed by atoms with Gasteiger partial charge in [0.25, 0.3) is 0 Å². The topological polar surface area (TPSA) is 86.2 Å². The number of fused-ring (bicyclic) bond motifs is 9. The van der Waals surface area contributed by atoms with Crippen LogP contribution in [-0.4, -0.2) is 13.7 Å². The van der Waals surface area contributed by atoms with Crippen molar-refractivity contribution < 1.29 is 0 Å². The van der Waals surface area contributed by atoms with Crippen molar-refractivity contribution in [1.29, 1.82) is 15.8 Å². The zero-order valence-corrected chi connectivity index (χ0v) is 30.3. The lowest BCUT2D eigenvalue weighted by Gasteiger charge is -2.18. The monoisotopic (exact) mass is 724 g/mol. The van der Waals surface area contributed by atoms with Gasteiger partial charge in [0, 0.05) is 49.3 Å². The third kappa shape index (κ3) is 4.68. The van der Waals surface area contributed by atoms with Crippen molar-refractivity contribution in [1.82, 2.24) is 13.7 Å². The van der Waals surface area contributed by atoms with E-state index >= 15 is 0 Å². The lowest BCUT2D eigenvalue weighted by atomic mass is 9.97. The van der Waals surface area contributed by atoms with E-state index in [1.165, 1.54) is 10.8 Å². The van der Waals surface area contributed by atoms with E-state index in [4.69, 9.17) is 0 Å². The first-order valence-corrected chi connectivity index (χ1v) is 18.7. The molecular formula is C51H28N6. The van der Waals surface area contributed by atoms with Crippen LogP contribution in [-0.2, 0) is 0 Å². The smallest absolute Gasteiger partial charge is 0.101 e. The second-order valence-corrected chi connectivity index (χ2v) is 14.3. The summed E-state index contributed by atoms with van der Waals surface area (Å²) in [7, 11) is 0. The number of benzene rings is 8. The van der Waals surface area contributed by atoms with Gasteiger partial charge in [0.1, 0.15) is 6.07 Å². The van der Waals surface area contributed by atoms with E-state index in [0.29, 0.717) is 16.7 Å². The molecule has 0 bridgehead atoms. The fourth-order valence-corrected chi connectivity index (χ4v) is 8.93. The average Bonchev–Trinajstić information content (AvgIpc) is 3.91. The predicted octanol–water partition coefficient (Wildman–Crippen LogP) is 12.3. The molecule has 0 radical (unpaired) electrons. The maximum atomic E-state index is 10.8. The van der Waals surface area contributed by atoms with Crippen LogP contribution in [0.3, 0.4) is 0 Å². The van der Waals surface area contributed by atoms with E-state index < -0.39 is 0 Å². The number of nitrogens with zero attached hydrogens (tertiary/aromatic N) is 6. The van der Waals surface area contributed by atoms with Gasteiger partial charge in [-0.05, 0) is 84.4 Å². The first-order valence-electron chi connectivity index (χ1n) is 18.7. The molecule has 6 nitrogen and oxygen atoms in total. The Labute approximate surface area is 326 Å². The van der Waals surface area contributed by atoms with E-state index in [9.17, 15) is 15.8 Å². The van der Waals surface area contributed by atoms with E-state index in [1.807, 2.05) is 66.7 Å². The number of hydrogen-bond acceptors (Lipinski definition) is 3. The van der Waals surface area contributed by atoms with Gasteiger partial charge in [-0.25, -0.2) is 0 Å². The van der Waals surface area contributed by atoms with Gasteiger partial charge in [-0.3, -0.25) is 0 Å². The second kappa shape index (κ2) is 12.3. The van der Waals surface area contributed by atoms with Crippen LogP contribution in [0.25, 0.3) is 93.6 Å². The first kappa shape index (κ1) is 32.1. The highest BCUT2D eigenvalue weighted by Gasteiger charge is 2.22. The normalized spacial score (nSPS) is 11.5. The molecule has 0 aliphatic heterocycles. The molecule has 0 saturated carbocycles. The Morgan fingerprint density at radius 1 is 0.333 bits per heavy atom. The molecule has 57 heavy (non-hydrogen) atoms. The van der Waals surface area contributed by atoms with Gasteiger partial charge in [0.2, 0.25) is 0 Å². The Balaban J connectivity index is 1.20. The minimum Gasteiger partial charge on any atom is -0.309 e. The van der Waals surface area contributed by atoms with E-state index in [2.05, 4.69) is 135 Å². The largest absolute Gasteiger partial charge is 0.309 e. The Bertz CT molecular complexity index is 3580. The second-order valence-electron chi connectivity index (χ2n) is 14.3. The molecule has 8 aromatic carbocycles. The molecule has 262 valence electrons. The van der Waals surface area contributed by atoms with Crippen molar-refractivity contribution in [2.45, 2.75) is 0 Å². The highest BCUT2D eigenvalue weighted by molar-refractivity contribution is 6.13. The molecule has 0 aliphatic carbocycles. The Morgan fingerprint density at radius 2 is 0.877 bits per heavy atom. The molecule has 0 unspecified atom stereocenters. The molecule has 0 spiro atoms. The maximum absolute atomic E-state index is 10.8. The molecule has 11 rings (SSSR count). The van der Waals surface area contributed by atoms with Crippen molar-refractivity contribution in [3.8, 4) is 46.4 Å². The summed E-state index contributed by atoms with van der Waals surface area (Å²) >= 11 is 0. The number of hydrogen-bond donors (Lipinski definition) is 0. The highest BCUT2D eigenvalue weighted by Crippen LogP contribution is 2.41. The molecule has 0 N–H and O–H groups in total. The van der Waals surface area contributed by atoms with Crippen LogP contribution >= 0.6 is 0 Å². The molecule has 6 heteroatoms. The van der Waals surface area contributed by atoms with Crippen molar-refractivity contribution in [3.63, 3.8) is 0 Å². The summed E-state index contributed by atoms with van der Waals surface area (Å²) < 4.78 is 6.69. The summed E-state index contributed by atoms with van der Waals surface area (Å²) in [5, 5.41) is 37.5. The van der Waals surface area contributed by atoms with Crippen molar-refractivity contribution >= 4 is 65.4 Å². The molecule has 3 aromatic heterocycles. The van der Waals surface area contributed by atoms with Gasteiger partial charge in [-0.2, -0.15) is 15.8 Å². The average molecular weight is 725 g/mol. The summed E-state index contributed by atoms with van der Waals surface area (Å²) in [5.41, 5.74) is 11.9. The lowest BCUT2D eigenvalue weighted by molar-refractivity contribution is 1.15. The molecule has 0 saturated heterocycles. The van der Waals surface area contributed by atoms with Gasteiger partial charge in [-0.15, -0.1) is 0 Å². The van der Waals surface area contributed by atoms with Crippen molar-refractivity contribution in [2.75, 3.05) is 0 Å². The van der Waals surface area contributed by atoms with Crippen LogP contribution in [0.2, 0.25) is 0 Å². The zero-order chi connectivity index (χ0) is 38.2. The predicted molar refractivity (Wildman–Crippen MR) is 229 cm³/mol. The van der Waals surface area contributed by atoms with Crippen LogP contribution in [0.1, 0.15) is 16.7 Å². The first-order chi connectivity index (χ1) is 28.1. The SMILES string of the molecule is N#Cc1cc(-c2cccc(C#N)c2-n2c3ccccc3c3ccc(-n4c5ccccc5c5ccccc54)cc32)cc(-n2c3ccccc3c3cc(C#N)ccc32)c1. The summed E-state index contributed by atoms with van der Waals surface area (Å²) in [5.74, 6) is 0. The number of nitriles is 3. The Morgan fingerprint density at radius 3 is 1.49 bits per heavy atom. The van der Waals surface area contributed by atoms with Gasteiger partial charge >= 0.3 is 0 Å². The summed E-state index contributed by atoms with van der Waals surface area (Å²) in [6.07, 6.45) is 0. The third-order valence-electron chi connectivity index (χ3n) is 11.3. The summed E-state index contributed by atoms with van der Waals surface area (Å²) in [4.78, 5) is 0. The van der Waals surface area contributed by atoms with Crippen molar-refractivity contribution in [2.24, 2.45) is 0 Å². The lowest BCUT2D eigenvalue weighted by Crippen LogP contribution is -2.03. The molecule has 0 aliphatic rings. The van der Waals surface area contributed by atoms with E-state index in [-0.39, 0.29) is 0 Å². The molecule has 0 amide bonds. The fourth-order valence-electron chi connectivity index (χ4n) is 8.93. The minimum atomic E-state index is 0.492. The van der Waals surface area contributed by atoms with E-state index in [0.717, 1.165) is 82.8 Å². The molecule has 0 fully saturated rings. The van der Waals surface area contributed by atoms with Gasteiger partial charge in [-0.1, -0.05) is 91.0 Å². The van der Waals surface area contributed by atoms with E-state index in [1.54, 1.807) is 0 Å². The summed E-state index contributed by atoms with van der Waals surface area (Å²) in [6, 6.07) is 64.7. The van der Waals surface area contributed by atoms with Crippen LogP contribution in [0, 0.1) is 34.0 Å². The molecule has 11 aromatic rings. The van der Waals surface area contributed by atoms with Gasteiger partial charge in [0.15, 0.2) is 0 Å². The molecule has 3 heterocycles.